The smallest absolute Gasteiger partial charge is 0.347 e. The van der Waals surface area contributed by atoms with Gasteiger partial charge in [-0.1, -0.05) is 17.2 Å². The fourth-order valence-electron chi connectivity index (χ4n) is 2.94. The first-order valence-electron chi connectivity index (χ1n) is 7.67. The van der Waals surface area contributed by atoms with Crippen LogP contribution < -0.4 is 5.73 Å². The molecule has 2 aliphatic heterocycles. The molecule has 0 unspecified atom stereocenters. The van der Waals surface area contributed by atoms with E-state index in [1.54, 1.807) is 17.0 Å². The molecular formula is C16H17N3O5. The van der Waals surface area contributed by atoms with E-state index in [-0.39, 0.29) is 29.5 Å². The maximum absolute atomic E-state index is 12.1. The predicted octanol–water partition coefficient (Wildman–Crippen LogP) is -0.0619. The maximum Gasteiger partial charge on any atom is 0.347 e. The van der Waals surface area contributed by atoms with Crippen LogP contribution in [0.2, 0.25) is 0 Å². The summed E-state index contributed by atoms with van der Waals surface area (Å²) < 4.78 is 0. The van der Waals surface area contributed by atoms with Gasteiger partial charge >= 0.3 is 5.97 Å². The van der Waals surface area contributed by atoms with E-state index in [1.807, 2.05) is 0 Å². The molecular weight excluding hydrogens is 314 g/mol. The van der Waals surface area contributed by atoms with Crippen LogP contribution in [0.5, 0.6) is 0 Å². The molecule has 0 spiro atoms. The lowest BCUT2D eigenvalue weighted by Crippen LogP contribution is -2.43. The number of amides is 3. The number of fused-ring (bicyclic) bond motifs is 1. The number of imide groups is 1. The summed E-state index contributed by atoms with van der Waals surface area (Å²) in [6.45, 7) is 1.01. The molecule has 0 saturated carbocycles. The van der Waals surface area contributed by atoms with E-state index < -0.39 is 17.8 Å². The largest absolute Gasteiger partial charge is 0.369 e. The van der Waals surface area contributed by atoms with Crippen LogP contribution in [0.4, 0.5) is 0 Å². The molecule has 1 saturated heterocycles. The van der Waals surface area contributed by atoms with Gasteiger partial charge < -0.3 is 10.6 Å². The summed E-state index contributed by atoms with van der Waals surface area (Å²) in [5.41, 5.74) is 5.70. The van der Waals surface area contributed by atoms with E-state index in [1.165, 1.54) is 12.1 Å². The summed E-state index contributed by atoms with van der Waals surface area (Å²) in [5.74, 6) is -2.48. The number of likely N-dealkylation sites (tertiary alicyclic amines) is 1. The van der Waals surface area contributed by atoms with Crippen LogP contribution in [0.15, 0.2) is 24.3 Å². The molecule has 1 fully saturated rings. The molecule has 0 atom stereocenters. The lowest BCUT2D eigenvalue weighted by atomic mass is 9.96. The quantitative estimate of drug-likeness (QED) is 0.774. The molecule has 2 heterocycles. The second-order valence-corrected chi connectivity index (χ2v) is 5.87. The zero-order valence-electron chi connectivity index (χ0n) is 12.9. The summed E-state index contributed by atoms with van der Waals surface area (Å²) in [7, 11) is 0. The van der Waals surface area contributed by atoms with E-state index in [0.29, 0.717) is 31.0 Å². The molecule has 0 aliphatic carbocycles. The molecule has 2 aliphatic rings. The van der Waals surface area contributed by atoms with E-state index in [0.717, 1.165) is 0 Å². The number of primary amides is 1. The number of nitrogens with zero attached hydrogens (tertiary/aromatic N) is 2. The number of hydrogen-bond donors (Lipinski definition) is 1. The Labute approximate surface area is 138 Å². The third-order valence-electron chi connectivity index (χ3n) is 4.29. The predicted molar refractivity (Wildman–Crippen MR) is 81.4 cm³/mol. The van der Waals surface area contributed by atoms with Gasteiger partial charge in [-0.3, -0.25) is 19.3 Å². The molecule has 1 aromatic rings. The summed E-state index contributed by atoms with van der Waals surface area (Å²) in [4.78, 5) is 54.1. The Bertz CT molecular complexity index is 674. The number of carbonyl (C=O) groups excluding carboxylic acids is 4. The highest BCUT2D eigenvalue weighted by Crippen LogP contribution is 2.23. The van der Waals surface area contributed by atoms with Crippen molar-refractivity contribution in [1.29, 1.82) is 0 Å². The fraction of sp³-hybridized carbons (Fsp3) is 0.375. The molecule has 8 nitrogen and oxygen atoms in total. The number of rotatable bonds is 4. The van der Waals surface area contributed by atoms with Crippen LogP contribution in [0, 0.1) is 5.92 Å². The van der Waals surface area contributed by atoms with Crippen LogP contribution in [-0.4, -0.2) is 53.3 Å². The Morgan fingerprint density at radius 2 is 1.62 bits per heavy atom. The highest BCUT2D eigenvalue weighted by molar-refractivity contribution is 6.20. The Morgan fingerprint density at radius 3 is 2.12 bits per heavy atom. The minimum absolute atomic E-state index is 0.0567. The maximum atomic E-state index is 12.1. The SMILES string of the molecule is NC(=O)C1CCN(CC(=O)ON2C(=O)c3ccccc3C2=O)CC1. The summed E-state index contributed by atoms with van der Waals surface area (Å²) >= 11 is 0. The summed E-state index contributed by atoms with van der Waals surface area (Å²) in [6.07, 6.45) is 1.16. The normalized spacial score (nSPS) is 18.6. The third-order valence-corrected chi connectivity index (χ3v) is 4.29. The van der Waals surface area contributed by atoms with Crippen molar-refractivity contribution in [3.63, 3.8) is 0 Å². The first-order valence-corrected chi connectivity index (χ1v) is 7.67. The summed E-state index contributed by atoms with van der Waals surface area (Å²) in [5, 5.41) is 0.503. The summed E-state index contributed by atoms with van der Waals surface area (Å²) in [6, 6.07) is 6.30. The molecule has 2 N–H and O–H groups in total. The third kappa shape index (κ3) is 3.00. The molecule has 0 radical (unpaired) electrons. The number of benzene rings is 1. The standard InChI is InChI=1S/C16H17N3O5/c17-14(21)10-5-7-18(8-6-10)9-13(20)24-19-15(22)11-3-1-2-4-12(11)16(19)23/h1-4,10H,5-9H2,(H2,17,21). The molecule has 3 amide bonds. The topological polar surface area (TPSA) is 110 Å². The van der Waals surface area contributed by atoms with Crippen molar-refractivity contribution >= 4 is 23.7 Å². The van der Waals surface area contributed by atoms with Crippen molar-refractivity contribution in [3.8, 4) is 0 Å². The van der Waals surface area contributed by atoms with Crippen LogP contribution in [-0.2, 0) is 14.4 Å². The molecule has 0 bridgehead atoms. The lowest BCUT2D eigenvalue weighted by Gasteiger charge is -2.29. The Balaban J connectivity index is 1.56. The molecule has 3 rings (SSSR count). The number of hydrogen-bond acceptors (Lipinski definition) is 6. The molecule has 0 aromatic heterocycles. The van der Waals surface area contributed by atoms with Gasteiger partial charge in [0.05, 0.1) is 17.7 Å². The van der Waals surface area contributed by atoms with Crippen molar-refractivity contribution in [1.82, 2.24) is 9.96 Å². The first-order chi connectivity index (χ1) is 11.5. The van der Waals surface area contributed by atoms with Gasteiger partial charge in [-0.05, 0) is 38.1 Å². The minimum Gasteiger partial charge on any atom is -0.369 e. The second-order valence-electron chi connectivity index (χ2n) is 5.87. The van der Waals surface area contributed by atoms with Crippen molar-refractivity contribution in [2.45, 2.75) is 12.8 Å². The van der Waals surface area contributed by atoms with Crippen LogP contribution in [0.1, 0.15) is 33.6 Å². The van der Waals surface area contributed by atoms with E-state index in [4.69, 9.17) is 10.6 Å². The van der Waals surface area contributed by atoms with Crippen LogP contribution >= 0.6 is 0 Å². The fourth-order valence-corrected chi connectivity index (χ4v) is 2.94. The van der Waals surface area contributed by atoms with Gasteiger partial charge in [0.25, 0.3) is 11.8 Å². The van der Waals surface area contributed by atoms with Crippen molar-refractivity contribution in [2.24, 2.45) is 11.7 Å². The molecule has 1 aromatic carbocycles. The average Bonchev–Trinajstić information content (AvgIpc) is 2.81. The highest BCUT2D eigenvalue weighted by atomic mass is 16.7. The molecule has 126 valence electrons. The number of nitrogens with two attached hydrogens (primary N) is 1. The van der Waals surface area contributed by atoms with E-state index >= 15 is 0 Å². The van der Waals surface area contributed by atoms with Gasteiger partial charge in [0, 0.05) is 5.92 Å². The first kappa shape index (κ1) is 16.1. The monoisotopic (exact) mass is 331 g/mol. The van der Waals surface area contributed by atoms with Gasteiger partial charge in [-0.2, -0.15) is 0 Å². The number of piperidine rings is 1. The zero-order chi connectivity index (χ0) is 17.3. The molecule has 8 heteroatoms. The van der Waals surface area contributed by atoms with Gasteiger partial charge in [0.2, 0.25) is 5.91 Å². The average molecular weight is 331 g/mol. The number of carbonyl (C=O) groups is 4. The van der Waals surface area contributed by atoms with Gasteiger partial charge in [-0.15, -0.1) is 0 Å². The van der Waals surface area contributed by atoms with Crippen molar-refractivity contribution in [2.75, 3.05) is 19.6 Å². The van der Waals surface area contributed by atoms with Gasteiger partial charge in [0.15, 0.2) is 0 Å². The van der Waals surface area contributed by atoms with E-state index in [9.17, 15) is 19.2 Å². The van der Waals surface area contributed by atoms with Crippen LogP contribution in [0.3, 0.4) is 0 Å². The minimum atomic E-state index is -0.693. The highest BCUT2D eigenvalue weighted by Gasteiger charge is 2.38. The Hall–Kier alpha value is -2.74. The Kier molecular flexibility index (Phi) is 4.30. The lowest BCUT2D eigenvalue weighted by molar-refractivity contribution is -0.170. The van der Waals surface area contributed by atoms with Crippen LogP contribution in [0.25, 0.3) is 0 Å². The zero-order valence-corrected chi connectivity index (χ0v) is 12.9. The Morgan fingerprint density at radius 1 is 1.08 bits per heavy atom. The van der Waals surface area contributed by atoms with Gasteiger partial charge in [0.1, 0.15) is 0 Å². The van der Waals surface area contributed by atoms with Crippen molar-refractivity contribution in [3.05, 3.63) is 35.4 Å². The van der Waals surface area contributed by atoms with E-state index in [2.05, 4.69) is 0 Å². The number of hydroxylamine groups is 2. The van der Waals surface area contributed by atoms with Crippen molar-refractivity contribution < 1.29 is 24.0 Å². The molecule has 24 heavy (non-hydrogen) atoms. The van der Waals surface area contributed by atoms with Gasteiger partial charge in [-0.25, -0.2) is 4.79 Å². The second kappa shape index (κ2) is 6.40.